The molecule has 256 valence electrons. The average Bonchev–Trinajstić information content (AvgIpc) is 3.63. The minimum atomic E-state index is -4.69. The van der Waals surface area contributed by atoms with Crippen molar-refractivity contribution in [2.75, 3.05) is 25.2 Å². The molecule has 51 heavy (non-hydrogen) atoms. The molecule has 0 fully saturated rings. The van der Waals surface area contributed by atoms with Crippen LogP contribution in [0.4, 0.5) is 14.3 Å². The SMILES string of the molecule is CCOC(=O)C1=C(c2ccccc2)C2=Cc3c(-c4ccccc4)c(C(=O)OCC)c(C)n3[B-](F)(F)[N+]2=C1/C=C/C=C1\C=Cc2ccccc2N1C. The molecule has 3 aliphatic rings. The molecule has 4 heterocycles. The van der Waals surface area contributed by atoms with Gasteiger partial charge in [-0.1, -0.05) is 91.0 Å². The van der Waals surface area contributed by atoms with Gasteiger partial charge in [-0.3, -0.25) is 0 Å². The van der Waals surface area contributed by atoms with Crippen molar-refractivity contribution in [3.05, 3.63) is 154 Å². The van der Waals surface area contributed by atoms with Crippen molar-refractivity contribution >= 4 is 48.0 Å². The summed E-state index contributed by atoms with van der Waals surface area (Å²) in [7, 11) is 1.94. The normalized spacial score (nSPS) is 16.7. The summed E-state index contributed by atoms with van der Waals surface area (Å²) in [4.78, 5) is 29.4. The van der Waals surface area contributed by atoms with Gasteiger partial charge < -0.3 is 32.0 Å². The number of carbonyl (C=O) groups is 2. The number of allylic oxidation sites excluding steroid dienone is 5. The van der Waals surface area contributed by atoms with Gasteiger partial charge in [0.05, 0.1) is 24.4 Å². The van der Waals surface area contributed by atoms with E-state index in [2.05, 4.69) is 0 Å². The number of fused-ring (bicyclic) bond motifs is 3. The number of carbonyl (C=O) groups excluding carboxylic acids is 2. The summed E-state index contributed by atoms with van der Waals surface area (Å²) >= 11 is 0. The standard InChI is InChI=1S/C41H36BF2N3O4/c1-5-50-40(48)36-27(3)46-34(37(36)29-17-9-7-10-18-29)26-35-38(30-19-11-8-12-20-30)39(41(49)51-6-2)33(47(35)42(46,43)44)23-15-21-31-25-24-28-16-13-14-22-32(28)45(31)4/h7-26H,5-6H2,1-4H3/b23-15+,31-21+. The maximum absolute atomic E-state index is 17.6. The second kappa shape index (κ2) is 13.4. The molecule has 1 aromatic heterocycles. The van der Waals surface area contributed by atoms with Crippen molar-refractivity contribution in [2.45, 2.75) is 20.8 Å². The number of esters is 2. The van der Waals surface area contributed by atoms with Gasteiger partial charge in [-0.2, -0.15) is 0 Å². The van der Waals surface area contributed by atoms with Gasteiger partial charge in [-0.05, 0) is 61.4 Å². The monoisotopic (exact) mass is 683 g/mol. The van der Waals surface area contributed by atoms with E-state index in [4.69, 9.17) is 9.47 Å². The molecular weight excluding hydrogens is 647 g/mol. The summed E-state index contributed by atoms with van der Waals surface area (Å²) in [6, 6.07) is 25.9. The molecule has 0 radical (unpaired) electrons. The Bertz CT molecular complexity index is 2260. The summed E-state index contributed by atoms with van der Waals surface area (Å²) in [5.41, 5.74) is 5.13. The lowest BCUT2D eigenvalue weighted by Gasteiger charge is -2.31. The first-order valence-electron chi connectivity index (χ1n) is 16.9. The van der Waals surface area contributed by atoms with Crippen LogP contribution in [0.15, 0.2) is 126 Å². The minimum absolute atomic E-state index is 0.0130. The summed E-state index contributed by atoms with van der Waals surface area (Å²) in [5.74, 6) is -1.40. The average molecular weight is 684 g/mol. The first-order chi connectivity index (χ1) is 24.7. The molecule has 0 aliphatic carbocycles. The van der Waals surface area contributed by atoms with Gasteiger partial charge in [0.2, 0.25) is 0 Å². The number of benzene rings is 3. The second-order valence-electron chi connectivity index (χ2n) is 12.3. The summed E-state index contributed by atoms with van der Waals surface area (Å²) in [5, 5.41) is 0. The molecule has 0 saturated carbocycles. The van der Waals surface area contributed by atoms with Gasteiger partial charge in [-0.25, -0.2) is 9.59 Å². The molecular formula is C41H36BF2N3O4. The lowest BCUT2D eigenvalue weighted by molar-refractivity contribution is -0.358. The molecule has 3 aromatic carbocycles. The third kappa shape index (κ3) is 5.57. The molecule has 0 spiro atoms. The molecule has 7 rings (SSSR count). The number of halogens is 2. The van der Waals surface area contributed by atoms with Crippen molar-refractivity contribution in [2.24, 2.45) is 0 Å². The minimum Gasteiger partial charge on any atom is -0.462 e. The van der Waals surface area contributed by atoms with E-state index >= 15 is 8.63 Å². The molecule has 4 aromatic rings. The van der Waals surface area contributed by atoms with E-state index in [1.54, 1.807) is 74.5 Å². The highest BCUT2D eigenvalue weighted by Crippen LogP contribution is 2.46. The van der Waals surface area contributed by atoms with Crippen molar-refractivity contribution < 1.29 is 32.2 Å². The number of rotatable bonds is 8. The largest absolute Gasteiger partial charge is 0.737 e. The van der Waals surface area contributed by atoms with E-state index in [1.165, 1.54) is 13.0 Å². The summed E-state index contributed by atoms with van der Waals surface area (Å²) in [6.45, 7) is 0.318. The van der Waals surface area contributed by atoms with Gasteiger partial charge >= 0.3 is 18.9 Å². The lowest BCUT2D eigenvalue weighted by atomic mass is 9.87. The fourth-order valence-electron chi connectivity index (χ4n) is 7.21. The molecule has 0 N–H and O–H groups in total. The number of likely N-dealkylation sites (N-methyl/N-ethyl adjacent to an activating group) is 1. The highest BCUT2D eigenvalue weighted by Gasteiger charge is 2.57. The fourth-order valence-corrected chi connectivity index (χ4v) is 7.21. The van der Waals surface area contributed by atoms with Crippen LogP contribution in [0.3, 0.4) is 0 Å². The highest BCUT2D eigenvalue weighted by atomic mass is 19.2. The molecule has 10 heteroatoms. The van der Waals surface area contributed by atoms with E-state index in [1.807, 2.05) is 66.6 Å². The molecule has 0 bridgehead atoms. The first-order valence-corrected chi connectivity index (χ1v) is 16.9. The van der Waals surface area contributed by atoms with Crippen molar-refractivity contribution in [3.63, 3.8) is 0 Å². The van der Waals surface area contributed by atoms with Crippen LogP contribution in [0.1, 0.15) is 46.7 Å². The van der Waals surface area contributed by atoms with Crippen LogP contribution in [0.5, 0.6) is 0 Å². The summed E-state index contributed by atoms with van der Waals surface area (Å²) in [6.07, 6.45) is 10.6. The Morgan fingerprint density at radius 1 is 0.843 bits per heavy atom. The maximum Gasteiger partial charge on any atom is 0.737 e. The van der Waals surface area contributed by atoms with Gasteiger partial charge in [0.1, 0.15) is 5.57 Å². The van der Waals surface area contributed by atoms with E-state index in [9.17, 15) is 9.59 Å². The maximum atomic E-state index is 17.6. The zero-order valence-electron chi connectivity index (χ0n) is 28.8. The first kappa shape index (κ1) is 33.5. The Hall–Kier alpha value is -6.03. The third-order valence-corrected chi connectivity index (χ3v) is 9.39. The smallest absolute Gasteiger partial charge is 0.462 e. The number of anilines is 1. The van der Waals surface area contributed by atoms with Crippen LogP contribution in [0, 0.1) is 6.92 Å². The predicted octanol–water partition coefficient (Wildman–Crippen LogP) is 8.30. The Labute approximate surface area is 295 Å². The highest BCUT2D eigenvalue weighted by molar-refractivity contribution is 6.59. The van der Waals surface area contributed by atoms with Crippen molar-refractivity contribution in [3.8, 4) is 11.1 Å². The topological polar surface area (TPSA) is 63.8 Å². The van der Waals surface area contributed by atoms with E-state index in [-0.39, 0.29) is 47.1 Å². The van der Waals surface area contributed by atoms with Crippen LogP contribution < -0.4 is 4.90 Å². The van der Waals surface area contributed by atoms with Gasteiger partial charge in [0.25, 0.3) is 0 Å². The number of hydrogen-bond acceptors (Lipinski definition) is 5. The molecule has 0 amide bonds. The number of ether oxygens (including phenoxy) is 2. The van der Waals surface area contributed by atoms with Gasteiger partial charge in [0.15, 0.2) is 11.4 Å². The number of hydrogen-bond donors (Lipinski definition) is 0. The Kier molecular flexibility index (Phi) is 8.77. The number of aromatic nitrogens is 1. The Morgan fingerprint density at radius 2 is 1.47 bits per heavy atom. The zero-order chi connectivity index (χ0) is 35.9. The molecule has 7 nitrogen and oxygen atoms in total. The van der Waals surface area contributed by atoms with Gasteiger partial charge in [-0.15, -0.1) is 0 Å². The van der Waals surface area contributed by atoms with Crippen LogP contribution in [-0.2, 0) is 14.3 Å². The number of nitrogens with zero attached hydrogens (tertiary/aromatic N) is 3. The lowest BCUT2D eigenvalue weighted by Crippen LogP contribution is -2.51. The fraction of sp³-hybridized carbons (Fsp3) is 0.146. The zero-order valence-corrected chi connectivity index (χ0v) is 28.8. The number of para-hydroxylation sites is 1. The van der Waals surface area contributed by atoms with Crippen LogP contribution >= 0.6 is 0 Å². The van der Waals surface area contributed by atoms with E-state index in [0.717, 1.165) is 25.9 Å². The Morgan fingerprint density at radius 3 is 2.16 bits per heavy atom. The predicted molar refractivity (Wildman–Crippen MR) is 198 cm³/mol. The van der Waals surface area contributed by atoms with Gasteiger partial charge in [0, 0.05) is 41.8 Å². The second-order valence-corrected chi connectivity index (χ2v) is 12.3. The van der Waals surface area contributed by atoms with Crippen molar-refractivity contribution in [1.29, 1.82) is 0 Å². The third-order valence-electron chi connectivity index (χ3n) is 9.39. The molecule has 0 saturated heterocycles. The van der Waals surface area contributed by atoms with Crippen LogP contribution in [0.25, 0.3) is 28.9 Å². The van der Waals surface area contributed by atoms with E-state index < -0.39 is 18.9 Å². The molecule has 0 atom stereocenters. The summed E-state index contributed by atoms with van der Waals surface area (Å²) < 4.78 is 48.1. The quantitative estimate of drug-likeness (QED) is 0.138. The van der Waals surface area contributed by atoms with Crippen LogP contribution in [-0.4, -0.2) is 53.8 Å². The van der Waals surface area contributed by atoms with Crippen LogP contribution in [0.2, 0.25) is 0 Å². The van der Waals surface area contributed by atoms with E-state index in [0.29, 0.717) is 22.3 Å². The molecule has 0 unspecified atom stereocenters. The molecule has 3 aliphatic heterocycles. The van der Waals surface area contributed by atoms with Crippen molar-refractivity contribution in [1.82, 2.24) is 4.48 Å². The Balaban J connectivity index is 1.50.